The first-order valence-corrected chi connectivity index (χ1v) is 6.73. The van der Waals surface area contributed by atoms with E-state index in [-0.39, 0.29) is 5.91 Å². The fourth-order valence-electron chi connectivity index (χ4n) is 2.29. The van der Waals surface area contributed by atoms with Crippen LogP contribution in [0.4, 0.5) is 5.69 Å². The van der Waals surface area contributed by atoms with Gasteiger partial charge in [0, 0.05) is 12.2 Å². The highest BCUT2D eigenvalue weighted by Gasteiger charge is 2.25. The molecule has 0 radical (unpaired) electrons. The van der Waals surface area contributed by atoms with Gasteiger partial charge in [-0.1, -0.05) is 22.7 Å². The van der Waals surface area contributed by atoms with Gasteiger partial charge in [0.05, 0.1) is 5.69 Å². The van der Waals surface area contributed by atoms with E-state index in [4.69, 9.17) is 0 Å². The highest BCUT2D eigenvalue weighted by Crippen LogP contribution is 2.28. The Morgan fingerprint density at radius 2 is 2.22 bits per heavy atom. The minimum atomic E-state index is 0.0228. The molecule has 18 heavy (non-hydrogen) atoms. The molecule has 2 heterocycles. The third kappa shape index (κ3) is 1.80. The molecule has 0 saturated carbocycles. The largest absolute Gasteiger partial charge is 0.307 e. The van der Waals surface area contributed by atoms with Gasteiger partial charge in [0.15, 0.2) is 0 Å². The molecule has 0 fully saturated rings. The van der Waals surface area contributed by atoms with Crippen LogP contribution in [0, 0.1) is 6.92 Å². The molecule has 0 spiro atoms. The molecule has 3 rings (SSSR count). The summed E-state index contributed by atoms with van der Waals surface area (Å²) in [5, 5.41) is 3.91. The maximum absolute atomic E-state index is 12.5. The van der Waals surface area contributed by atoms with Crippen LogP contribution in [0.2, 0.25) is 0 Å². The van der Waals surface area contributed by atoms with Gasteiger partial charge in [-0.25, -0.2) is 0 Å². The van der Waals surface area contributed by atoms with Gasteiger partial charge in [-0.15, -0.1) is 5.10 Å². The van der Waals surface area contributed by atoms with Crippen LogP contribution in [-0.2, 0) is 6.42 Å². The number of carbonyl (C=O) groups excluding carboxylic acids is 1. The summed E-state index contributed by atoms with van der Waals surface area (Å²) in [7, 11) is 0. The average molecular weight is 259 g/mol. The number of fused-ring (bicyclic) bond motifs is 1. The SMILES string of the molecule is Cc1nnsc1C(=O)N1CCCc2ccccc21. The lowest BCUT2D eigenvalue weighted by molar-refractivity contribution is 0.0988. The molecule has 1 amide bonds. The molecule has 2 aromatic rings. The van der Waals surface area contributed by atoms with Crippen molar-refractivity contribution in [1.82, 2.24) is 9.59 Å². The van der Waals surface area contributed by atoms with Crippen molar-refractivity contribution >= 4 is 23.1 Å². The number of benzene rings is 1. The second-order valence-corrected chi connectivity index (χ2v) is 5.13. The Labute approximate surface area is 109 Å². The molecule has 0 unspecified atom stereocenters. The predicted octanol–water partition coefficient (Wildman–Crippen LogP) is 2.44. The molecule has 0 atom stereocenters. The van der Waals surface area contributed by atoms with Crippen LogP contribution in [0.1, 0.15) is 27.3 Å². The van der Waals surface area contributed by atoms with Crippen molar-refractivity contribution in [3.05, 3.63) is 40.4 Å². The van der Waals surface area contributed by atoms with Gasteiger partial charge in [-0.2, -0.15) is 0 Å². The van der Waals surface area contributed by atoms with Crippen LogP contribution in [0.25, 0.3) is 0 Å². The Hall–Kier alpha value is -1.75. The number of aromatic nitrogens is 2. The van der Waals surface area contributed by atoms with Crippen molar-refractivity contribution in [2.45, 2.75) is 19.8 Å². The highest BCUT2D eigenvalue weighted by atomic mass is 32.1. The highest BCUT2D eigenvalue weighted by molar-refractivity contribution is 7.08. The van der Waals surface area contributed by atoms with E-state index in [1.165, 1.54) is 17.1 Å². The number of para-hydroxylation sites is 1. The molecule has 4 nitrogen and oxygen atoms in total. The number of hydrogen-bond donors (Lipinski definition) is 0. The second-order valence-electron chi connectivity index (χ2n) is 4.38. The van der Waals surface area contributed by atoms with Crippen molar-refractivity contribution < 1.29 is 4.79 Å². The van der Waals surface area contributed by atoms with Gasteiger partial charge in [0.1, 0.15) is 4.88 Å². The van der Waals surface area contributed by atoms with Crippen LogP contribution < -0.4 is 4.90 Å². The monoisotopic (exact) mass is 259 g/mol. The van der Waals surface area contributed by atoms with E-state index in [9.17, 15) is 4.79 Å². The van der Waals surface area contributed by atoms with Crippen molar-refractivity contribution in [2.75, 3.05) is 11.4 Å². The first-order valence-electron chi connectivity index (χ1n) is 5.96. The smallest absolute Gasteiger partial charge is 0.271 e. The topological polar surface area (TPSA) is 46.1 Å². The minimum Gasteiger partial charge on any atom is -0.307 e. The lowest BCUT2D eigenvalue weighted by Gasteiger charge is -2.29. The summed E-state index contributed by atoms with van der Waals surface area (Å²) < 4.78 is 3.84. The molecule has 1 aromatic carbocycles. The molecule has 0 aliphatic carbocycles. The summed E-state index contributed by atoms with van der Waals surface area (Å²) in [4.78, 5) is 15.0. The third-order valence-electron chi connectivity index (χ3n) is 3.20. The number of anilines is 1. The zero-order chi connectivity index (χ0) is 12.5. The van der Waals surface area contributed by atoms with Crippen LogP contribution in [-0.4, -0.2) is 22.0 Å². The molecular formula is C13H13N3OS. The molecule has 1 aromatic heterocycles. The summed E-state index contributed by atoms with van der Waals surface area (Å²) in [5.41, 5.74) is 2.99. The molecule has 0 saturated heterocycles. The Morgan fingerprint density at radius 3 is 3.00 bits per heavy atom. The Bertz CT molecular complexity index is 593. The lowest BCUT2D eigenvalue weighted by Crippen LogP contribution is -2.35. The molecule has 5 heteroatoms. The van der Waals surface area contributed by atoms with Gasteiger partial charge in [-0.3, -0.25) is 4.79 Å². The van der Waals surface area contributed by atoms with E-state index >= 15 is 0 Å². The number of amides is 1. The normalized spacial score (nSPS) is 14.4. The predicted molar refractivity (Wildman–Crippen MR) is 71.1 cm³/mol. The fourth-order valence-corrected chi connectivity index (χ4v) is 2.90. The van der Waals surface area contributed by atoms with E-state index in [0.29, 0.717) is 10.6 Å². The minimum absolute atomic E-state index is 0.0228. The molecule has 1 aliphatic heterocycles. The second kappa shape index (κ2) is 4.49. The van der Waals surface area contributed by atoms with Gasteiger partial charge in [0.2, 0.25) is 0 Å². The van der Waals surface area contributed by atoms with Crippen LogP contribution in [0.3, 0.4) is 0 Å². The average Bonchev–Trinajstić information content (AvgIpc) is 2.83. The maximum atomic E-state index is 12.5. The molecule has 0 bridgehead atoms. The quantitative estimate of drug-likeness (QED) is 0.790. The first-order chi connectivity index (χ1) is 8.77. The van der Waals surface area contributed by atoms with Gasteiger partial charge < -0.3 is 4.90 Å². The molecule has 0 N–H and O–H groups in total. The standard InChI is InChI=1S/C13H13N3OS/c1-9-12(18-15-14-9)13(17)16-8-4-6-10-5-2-3-7-11(10)16/h2-3,5,7H,4,6,8H2,1H3. The van der Waals surface area contributed by atoms with Crippen molar-refractivity contribution in [1.29, 1.82) is 0 Å². The van der Waals surface area contributed by atoms with Gasteiger partial charge >= 0.3 is 0 Å². The summed E-state index contributed by atoms with van der Waals surface area (Å²) in [6.07, 6.45) is 2.05. The van der Waals surface area contributed by atoms with E-state index in [1.54, 1.807) is 0 Å². The van der Waals surface area contributed by atoms with Crippen LogP contribution >= 0.6 is 11.5 Å². The number of rotatable bonds is 1. The van der Waals surface area contributed by atoms with E-state index in [1.807, 2.05) is 30.0 Å². The van der Waals surface area contributed by atoms with E-state index in [2.05, 4.69) is 15.7 Å². The maximum Gasteiger partial charge on any atom is 0.271 e. The molecular weight excluding hydrogens is 246 g/mol. The Kier molecular flexibility index (Phi) is 2.83. The van der Waals surface area contributed by atoms with E-state index in [0.717, 1.165) is 25.1 Å². The summed E-state index contributed by atoms with van der Waals surface area (Å²) in [6.45, 7) is 2.60. The summed E-state index contributed by atoms with van der Waals surface area (Å²) in [6, 6.07) is 8.09. The number of nitrogens with zero attached hydrogens (tertiary/aromatic N) is 3. The van der Waals surface area contributed by atoms with Crippen molar-refractivity contribution in [3.8, 4) is 0 Å². The molecule has 1 aliphatic rings. The Morgan fingerprint density at radius 1 is 1.39 bits per heavy atom. The molecule has 92 valence electrons. The van der Waals surface area contributed by atoms with Crippen molar-refractivity contribution in [3.63, 3.8) is 0 Å². The van der Waals surface area contributed by atoms with Crippen LogP contribution in [0.5, 0.6) is 0 Å². The Balaban J connectivity index is 2.00. The first kappa shape index (κ1) is 11.3. The van der Waals surface area contributed by atoms with E-state index < -0.39 is 0 Å². The van der Waals surface area contributed by atoms with Gasteiger partial charge in [-0.05, 0) is 42.9 Å². The number of hydrogen-bond acceptors (Lipinski definition) is 4. The lowest BCUT2D eigenvalue weighted by atomic mass is 10.0. The zero-order valence-corrected chi connectivity index (χ0v) is 10.9. The van der Waals surface area contributed by atoms with Gasteiger partial charge in [0.25, 0.3) is 5.91 Å². The summed E-state index contributed by atoms with van der Waals surface area (Å²) >= 11 is 1.17. The van der Waals surface area contributed by atoms with Crippen LogP contribution in [0.15, 0.2) is 24.3 Å². The zero-order valence-electron chi connectivity index (χ0n) is 10.1. The fraction of sp³-hybridized carbons (Fsp3) is 0.308. The number of aryl methyl sites for hydroxylation is 2. The van der Waals surface area contributed by atoms with Crippen molar-refractivity contribution in [2.24, 2.45) is 0 Å². The summed E-state index contributed by atoms with van der Waals surface area (Å²) in [5.74, 6) is 0.0228. The number of carbonyl (C=O) groups is 1. The third-order valence-corrected chi connectivity index (χ3v) is 4.02.